The maximum atomic E-state index is 5.70. The number of hydrogen-bond acceptors (Lipinski definition) is 3. The van der Waals surface area contributed by atoms with Gasteiger partial charge in [-0.05, 0) is 52.2 Å². The SMILES string of the molecule is Ic1ccc(C2Nc3cccc4cccc(c34)N2)o1. The first-order valence-corrected chi connectivity index (χ1v) is 7.19. The molecule has 0 atom stereocenters. The molecule has 0 radical (unpaired) electrons. The Hall–Kier alpha value is -1.69. The molecule has 94 valence electrons. The second kappa shape index (κ2) is 4.16. The molecule has 0 spiro atoms. The van der Waals surface area contributed by atoms with Crippen molar-refractivity contribution in [2.45, 2.75) is 6.17 Å². The first-order valence-electron chi connectivity index (χ1n) is 6.11. The predicted octanol–water partition coefficient (Wildman–Crippen LogP) is 4.57. The van der Waals surface area contributed by atoms with Crippen molar-refractivity contribution in [3.63, 3.8) is 0 Å². The fourth-order valence-corrected chi connectivity index (χ4v) is 2.99. The molecule has 2 aromatic carbocycles. The zero-order valence-corrected chi connectivity index (χ0v) is 12.1. The van der Waals surface area contributed by atoms with E-state index in [9.17, 15) is 0 Å². The molecule has 19 heavy (non-hydrogen) atoms. The number of hydrogen-bond donors (Lipinski definition) is 2. The summed E-state index contributed by atoms with van der Waals surface area (Å²) in [5, 5.41) is 9.44. The summed E-state index contributed by atoms with van der Waals surface area (Å²) in [4.78, 5) is 0. The van der Waals surface area contributed by atoms with Gasteiger partial charge in [0, 0.05) is 16.8 Å². The molecule has 0 saturated heterocycles. The van der Waals surface area contributed by atoms with Gasteiger partial charge in [-0.15, -0.1) is 0 Å². The van der Waals surface area contributed by atoms with Crippen molar-refractivity contribution >= 4 is 44.7 Å². The molecule has 1 aliphatic heterocycles. The van der Waals surface area contributed by atoms with E-state index in [-0.39, 0.29) is 6.17 Å². The third-order valence-corrected chi connectivity index (χ3v) is 3.96. The first-order chi connectivity index (χ1) is 9.31. The van der Waals surface area contributed by atoms with E-state index in [0.29, 0.717) is 0 Å². The van der Waals surface area contributed by atoms with Gasteiger partial charge in [-0.25, -0.2) is 0 Å². The van der Waals surface area contributed by atoms with Gasteiger partial charge < -0.3 is 15.1 Å². The third-order valence-electron chi connectivity index (χ3n) is 3.38. The zero-order valence-electron chi connectivity index (χ0n) is 9.98. The Morgan fingerprint density at radius 1 is 0.895 bits per heavy atom. The standard InChI is InChI=1S/C15H11IN2O/c16-13-8-7-12(19-13)15-17-10-5-1-3-9-4-2-6-11(18-15)14(9)10/h1-8,15,17-18H. The second-order valence-electron chi connectivity index (χ2n) is 4.57. The van der Waals surface area contributed by atoms with Gasteiger partial charge in [0.1, 0.15) is 5.76 Å². The van der Waals surface area contributed by atoms with Crippen LogP contribution in [0.15, 0.2) is 52.9 Å². The van der Waals surface area contributed by atoms with Gasteiger partial charge in [-0.2, -0.15) is 0 Å². The lowest BCUT2D eigenvalue weighted by Crippen LogP contribution is -2.23. The summed E-state index contributed by atoms with van der Waals surface area (Å²) in [5.74, 6) is 0.899. The predicted molar refractivity (Wildman–Crippen MR) is 85.4 cm³/mol. The average Bonchev–Trinajstić information content (AvgIpc) is 2.86. The van der Waals surface area contributed by atoms with Gasteiger partial charge in [0.15, 0.2) is 9.93 Å². The smallest absolute Gasteiger partial charge is 0.164 e. The molecule has 0 fully saturated rings. The summed E-state index contributed by atoms with van der Waals surface area (Å²) >= 11 is 2.18. The molecular formula is C15H11IN2O. The highest BCUT2D eigenvalue weighted by Gasteiger charge is 2.22. The highest BCUT2D eigenvalue weighted by atomic mass is 127. The van der Waals surface area contributed by atoms with E-state index in [1.54, 1.807) is 0 Å². The average molecular weight is 362 g/mol. The molecule has 2 heterocycles. The summed E-state index contributed by atoms with van der Waals surface area (Å²) < 4.78 is 6.59. The number of rotatable bonds is 1. The first kappa shape index (κ1) is 11.2. The normalized spacial score (nSPS) is 14.2. The van der Waals surface area contributed by atoms with Crippen molar-refractivity contribution in [1.29, 1.82) is 0 Å². The van der Waals surface area contributed by atoms with Crippen LogP contribution in [0.25, 0.3) is 10.8 Å². The van der Waals surface area contributed by atoms with E-state index in [1.165, 1.54) is 10.8 Å². The summed E-state index contributed by atoms with van der Waals surface area (Å²) in [6.45, 7) is 0. The molecule has 3 nitrogen and oxygen atoms in total. The van der Waals surface area contributed by atoms with Crippen LogP contribution in [0.3, 0.4) is 0 Å². The highest BCUT2D eigenvalue weighted by molar-refractivity contribution is 14.1. The minimum atomic E-state index is -0.0241. The van der Waals surface area contributed by atoms with E-state index in [0.717, 1.165) is 20.9 Å². The minimum absolute atomic E-state index is 0.0241. The third kappa shape index (κ3) is 1.78. The molecule has 0 amide bonds. The Bertz CT molecular complexity index is 725. The van der Waals surface area contributed by atoms with Gasteiger partial charge in [-0.3, -0.25) is 0 Å². The van der Waals surface area contributed by atoms with Crippen LogP contribution >= 0.6 is 22.6 Å². The van der Waals surface area contributed by atoms with Gasteiger partial charge >= 0.3 is 0 Å². The molecule has 0 saturated carbocycles. The van der Waals surface area contributed by atoms with Crippen molar-refractivity contribution in [2.24, 2.45) is 0 Å². The summed E-state index contributed by atoms with van der Waals surface area (Å²) in [6.07, 6.45) is -0.0241. The number of anilines is 2. The minimum Gasteiger partial charge on any atom is -0.451 e. The van der Waals surface area contributed by atoms with Crippen LogP contribution in [0.1, 0.15) is 11.9 Å². The van der Waals surface area contributed by atoms with Crippen LogP contribution in [-0.4, -0.2) is 0 Å². The van der Waals surface area contributed by atoms with E-state index in [2.05, 4.69) is 69.6 Å². The van der Waals surface area contributed by atoms with E-state index in [1.807, 2.05) is 12.1 Å². The lowest BCUT2D eigenvalue weighted by Gasteiger charge is -2.28. The van der Waals surface area contributed by atoms with Crippen molar-refractivity contribution in [1.82, 2.24) is 0 Å². The molecule has 1 aromatic heterocycles. The summed E-state index contributed by atoms with van der Waals surface area (Å²) in [7, 11) is 0. The van der Waals surface area contributed by atoms with Crippen molar-refractivity contribution in [3.8, 4) is 0 Å². The number of halogens is 1. The van der Waals surface area contributed by atoms with E-state index < -0.39 is 0 Å². The largest absolute Gasteiger partial charge is 0.451 e. The molecule has 3 aromatic rings. The Kier molecular flexibility index (Phi) is 2.44. The van der Waals surface area contributed by atoms with Gasteiger partial charge in [0.2, 0.25) is 0 Å². The van der Waals surface area contributed by atoms with Crippen LogP contribution in [-0.2, 0) is 0 Å². The van der Waals surface area contributed by atoms with Crippen molar-refractivity contribution in [3.05, 3.63) is 58.1 Å². The van der Waals surface area contributed by atoms with Gasteiger partial charge in [-0.1, -0.05) is 24.3 Å². The van der Waals surface area contributed by atoms with Crippen LogP contribution in [0, 0.1) is 3.77 Å². The van der Waals surface area contributed by atoms with E-state index >= 15 is 0 Å². The molecule has 4 heteroatoms. The van der Waals surface area contributed by atoms with E-state index in [4.69, 9.17) is 4.42 Å². The fourth-order valence-electron chi connectivity index (χ4n) is 2.55. The van der Waals surface area contributed by atoms with Gasteiger partial charge in [0.25, 0.3) is 0 Å². The Balaban J connectivity index is 1.84. The Morgan fingerprint density at radius 2 is 1.58 bits per heavy atom. The Labute approximate surface area is 124 Å². The maximum Gasteiger partial charge on any atom is 0.164 e. The topological polar surface area (TPSA) is 37.2 Å². The lowest BCUT2D eigenvalue weighted by atomic mass is 10.0. The van der Waals surface area contributed by atoms with Crippen molar-refractivity contribution in [2.75, 3.05) is 10.6 Å². The molecule has 4 rings (SSSR count). The van der Waals surface area contributed by atoms with Crippen LogP contribution in [0.4, 0.5) is 11.4 Å². The number of nitrogens with one attached hydrogen (secondary N) is 2. The lowest BCUT2D eigenvalue weighted by molar-refractivity contribution is 0.471. The highest BCUT2D eigenvalue weighted by Crippen LogP contribution is 2.38. The second-order valence-corrected chi connectivity index (χ2v) is 5.64. The van der Waals surface area contributed by atoms with Crippen LogP contribution < -0.4 is 10.6 Å². The van der Waals surface area contributed by atoms with Crippen LogP contribution in [0.5, 0.6) is 0 Å². The zero-order chi connectivity index (χ0) is 12.8. The van der Waals surface area contributed by atoms with Crippen LogP contribution in [0.2, 0.25) is 0 Å². The van der Waals surface area contributed by atoms with Crippen molar-refractivity contribution < 1.29 is 4.42 Å². The summed E-state index contributed by atoms with van der Waals surface area (Å²) in [6, 6.07) is 16.6. The number of furan rings is 1. The summed E-state index contributed by atoms with van der Waals surface area (Å²) in [5.41, 5.74) is 2.28. The maximum absolute atomic E-state index is 5.70. The quantitative estimate of drug-likeness (QED) is 0.623. The molecule has 1 aliphatic rings. The molecule has 2 N–H and O–H groups in total. The molecule has 0 aliphatic carbocycles. The molecule has 0 bridgehead atoms. The Morgan fingerprint density at radius 3 is 2.16 bits per heavy atom. The molecular weight excluding hydrogens is 351 g/mol. The molecule has 0 unspecified atom stereocenters. The number of benzene rings is 2. The van der Waals surface area contributed by atoms with Gasteiger partial charge in [0.05, 0.1) is 0 Å². The fraction of sp³-hybridized carbons (Fsp3) is 0.0667. The monoisotopic (exact) mass is 362 g/mol.